The van der Waals surface area contributed by atoms with E-state index in [4.69, 9.17) is 9.97 Å². The fourth-order valence-electron chi connectivity index (χ4n) is 4.31. The lowest BCUT2D eigenvalue weighted by Crippen LogP contribution is -2.24. The summed E-state index contributed by atoms with van der Waals surface area (Å²) in [6.45, 7) is 3.90. The Balaban J connectivity index is 1.47. The van der Waals surface area contributed by atoms with Crippen molar-refractivity contribution in [1.82, 2.24) is 15.3 Å². The van der Waals surface area contributed by atoms with E-state index in [9.17, 15) is 4.39 Å². The molecule has 2 aliphatic heterocycles. The quantitative estimate of drug-likeness (QED) is 0.921. The summed E-state index contributed by atoms with van der Waals surface area (Å²) in [4.78, 5) is 12.4. The molecule has 1 unspecified atom stereocenters. The Morgan fingerprint density at radius 3 is 2.77 bits per heavy atom. The maximum atomic E-state index is 13.6. The van der Waals surface area contributed by atoms with E-state index < -0.39 is 0 Å². The number of benzene rings is 1. The zero-order chi connectivity index (χ0) is 17.5. The highest BCUT2D eigenvalue weighted by Crippen LogP contribution is 2.40. The van der Waals surface area contributed by atoms with Crippen molar-refractivity contribution in [3.05, 3.63) is 52.7 Å². The molecule has 5 rings (SSSR count). The molecule has 3 aliphatic rings. The van der Waals surface area contributed by atoms with Gasteiger partial charge in [0.2, 0.25) is 0 Å². The second kappa shape index (κ2) is 6.62. The van der Waals surface area contributed by atoms with Crippen molar-refractivity contribution >= 4 is 5.82 Å². The Labute approximate surface area is 153 Å². The van der Waals surface area contributed by atoms with Crippen LogP contribution in [-0.2, 0) is 12.8 Å². The summed E-state index contributed by atoms with van der Waals surface area (Å²) < 4.78 is 13.6. The third kappa shape index (κ3) is 3.09. The van der Waals surface area contributed by atoms with Crippen LogP contribution in [0.2, 0.25) is 0 Å². The van der Waals surface area contributed by atoms with Gasteiger partial charge in [0.1, 0.15) is 17.5 Å². The van der Waals surface area contributed by atoms with Gasteiger partial charge >= 0.3 is 0 Å². The van der Waals surface area contributed by atoms with E-state index in [0.717, 1.165) is 62.6 Å². The fraction of sp³-hybridized carbons (Fsp3) is 0.524. The Morgan fingerprint density at radius 2 is 1.92 bits per heavy atom. The molecular formula is C21H25FN4. The summed E-state index contributed by atoms with van der Waals surface area (Å²) in [5.41, 5.74) is 3.69. The average molecular weight is 352 g/mol. The fourth-order valence-corrected chi connectivity index (χ4v) is 4.31. The summed E-state index contributed by atoms with van der Waals surface area (Å²) in [5.74, 6) is 3.01. The van der Waals surface area contributed by atoms with E-state index in [1.54, 1.807) is 6.07 Å². The molecule has 4 nitrogen and oxygen atoms in total. The predicted octanol–water partition coefficient (Wildman–Crippen LogP) is 3.18. The number of fused-ring (bicyclic) bond motifs is 1. The molecule has 1 saturated carbocycles. The van der Waals surface area contributed by atoms with Crippen molar-refractivity contribution in [2.45, 2.75) is 43.9 Å². The Hall–Kier alpha value is -2.01. The molecule has 136 valence electrons. The molecule has 0 radical (unpaired) electrons. The molecule has 0 amide bonds. The molecule has 1 aliphatic carbocycles. The van der Waals surface area contributed by atoms with Crippen LogP contribution in [0.4, 0.5) is 10.2 Å². The molecule has 3 heterocycles. The molecule has 0 bridgehead atoms. The minimum absolute atomic E-state index is 0.140. The lowest BCUT2D eigenvalue weighted by Gasteiger charge is -2.23. The van der Waals surface area contributed by atoms with Crippen molar-refractivity contribution in [2.75, 3.05) is 31.1 Å². The van der Waals surface area contributed by atoms with Gasteiger partial charge in [-0.2, -0.15) is 0 Å². The summed E-state index contributed by atoms with van der Waals surface area (Å²) in [5, 5.41) is 3.49. The van der Waals surface area contributed by atoms with Crippen LogP contribution >= 0.6 is 0 Å². The molecule has 5 heteroatoms. The van der Waals surface area contributed by atoms with E-state index >= 15 is 0 Å². The standard InChI is InChI=1S/C21H25FN4/c22-17-3-1-2-15(12-17)16-8-11-26(13-16)21-18-6-9-23-10-7-19(18)24-20(25-21)14-4-5-14/h1-3,12,14,16,23H,4-11,13H2. The van der Waals surface area contributed by atoms with E-state index in [1.165, 1.54) is 30.2 Å². The SMILES string of the molecule is Fc1cccc(C2CCN(c3nc(C4CC4)nc4c3CCNCC4)C2)c1. The zero-order valence-electron chi connectivity index (χ0n) is 15.0. The van der Waals surface area contributed by atoms with Gasteiger partial charge in [0, 0.05) is 43.5 Å². The van der Waals surface area contributed by atoms with Gasteiger partial charge in [0.15, 0.2) is 0 Å². The highest BCUT2D eigenvalue weighted by atomic mass is 19.1. The van der Waals surface area contributed by atoms with Crippen LogP contribution in [0, 0.1) is 5.82 Å². The van der Waals surface area contributed by atoms with Crippen molar-refractivity contribution < 1.29 is 4.39 Å². The second-order valence-electron chi connectivity index (χ2n) is 7.84. The van der Waals surface area contributed by atoms with Crippen LogP contribution in [0.25, 0.3) is 0 Å². The molecule has 0 spiro atoms. The highest BCUT2D eigenvalue weighted by Gasteiger charge is 2.32. The minimum atomic E-state index is -0.140. The van der Waals surface area contributed by atoms with Gasteiger partial charge in [-0.25, -0.2) is 14.4 Å². The molecule has 1 saturated heterocycles. The van der Waals surface area contributed by atoms with Crippen molar-refractivity contribution in [3.8, 4) is 0 Å². The molecule has 1 aromatic carbocycles. The minimum Gasteiger partial charge on any atom is -0.356 e. The largest absolute Gasteiger partial charge is 0.356 e. The van der Waals surface area contributed by atoms with Gasteiger partial charge in [-0.05, 0) is 49.9 Å². The van der Waals surface area contributed by atoms with E-state index in [1.807, 2.05) is 6.07 Å². The number of hydrogen-bond acceptors (Lipinski definition) is 4. The van der Waals surface area contributed by atoms with Crippen LogP contribution in [0.1, 0.15) is 53.7 Å². The smallest absolute Gasteiger partial charge is 0.135 e. The van der Waals surface area contributed by atoms with Gasteiger partial charge in [-0.3, -0.25) is 0 Å². The zero-order valence-corrected chi connectivity index (χ0v) is 15.0. The van der Waals surface area contributed by atoms with Gasteiger partial charge < -0.3 is 10.2 Å². The number of hydrogen-bond donors (Lipinski definition) is 1. The summed E-state index contributed by atoms with van der Waals surface area (Å²) in [7, 11) is 0. The summed E-state index contributed by atoms with van der Waals surface area (Å²) in [6, 6.07) is 7.09. The number of anilines is 1. The molecule has 1 atom stereocenters. The number of nitrogens with zero attached hydrogens (tertiary/aromatic N) is 3. The Bertz CT molecular complexity index is 818. The first kappa shape index (κ1) is 16.2. The van der Waals surface area contributed by atoms with Crippen LogP contribution in [-0.4, -0.2) is 36.1 Å². The van der Waals surface area contributed by atoms with Crippen molar-refractivity contribution in [1.29, 1.82) is 0 Å². The monoisotopic (exact) mass is 352 g/mol. The lowest BCUT2D eigenvalue weighted by atomic mass is 9.98. The van der Waals surface area contributed by atoms with Crippen LogP contribution in [0.5, 0.6) is 0 Å². The van der Waals surface area contributed by atoms with Gasteiger partial charge in [-0.1, -0.05) is 12.1 Å². The Morgan fingerprint density at radius 1 is 1.04 bits per heavy atom. The lowest BCUT2D eigenvalue weighted by molar-refractivity contribution is 0.621. The van der Waals surface area contributed by atoms with Gasteiger partial charge in [0.05, 0.1) is 5.69 Å². The Kier molecular flexibility index (Phi) is 4.12. The summed E-state index contributed by atoms with van der Waals surface area (Å²) in [6.07, 6.45) is 5.49. The van der Waals surface area contributed by atoms with Gasteiger partial charge in [0.25, 0.3) is 0 Å². The number of halogens is 1. The van der Waals surface area contributed by atoms with Crippen molar-refractivity contribution in [3.63, 3.8) is 0 Å². The van der Waals surface area contributed by atoms with E-state index in [0.29, 0.717) is 11.8 Å². The predicted molar refractivity (Wildman–Crippen MR) is 100 cm³/mol. The van der Waals surface area contributed by atoms with E-state index in [2.05, 4.69) is 16.3 Å². The van der Waals surface area contributed by atoms with Crippen LogP contribution in [0.15, 0.2) is 24.3 Å². The maximum Gasteiger partial charge on any atom is 0.135 e. The molecule has 26 heavy (non-hydrogen) atoms. The maximum absolute atomic E-state index is 13.6. The molecular weight excluding hydrogens is 327 g/mol. The van der Waals surface area contributed by atoms with Crippen LogP contribution < -0.4 is 10.2 Å². The molecule has 1 N–H and O–H groups in total. The topological polar surface area (TPSA) is 41.1 Å². The molecule has 2 fully saturated rings. The first-order valence-corrected chi connectivity index (χ1v) is 9.89. The highest BCUT2D eigenvalue weighted by molar-refractivity contribution is 5.52. The summed E-state index contributed by atoms with van der Waals surface area (Å²) >= 11 is 0. The number of rotatable bonds is 3. The number of aromatic nitrogens is 2. The molecule has 1 aromatic heterocycles. The second-order valence-corrected chi connectivity index (χ2v) is 7.84. The number of nitrogens with one attached hydrogen (secondary N) is 1. The van der Waals surface area contributed by atoms with Gasteiger partial charge in [-0.15, -0.1) is 0 Å². The van der Waals surface area contributed by atoms with Crippen LogP contribution in [0.3, 0.4) is 0 Å². The van der Waals surface area contributed by atoms with Crippen molar-refractivity contribution in [2.24, 2.45) is 0 Å². The normalized spacial score (nSPS) is 23.0. The average Bonchev–Trinajstić information content (AvgIpc) is 3.42. The molecule has 2 aromatic rings. The first-order valence-electron chi connectivity index (χ1n) is 9.89. The van der Waals surface area contributed by atoms with E-state index in [-0.39, 0.29) is 5.82 Å². The third-order valence-corrected chi connectivity index (χ3v) is 5.93. The first-order chi connectivity index (χ1) is 12.8. The third-order valence-electron chi connectivity index (χ3n) is 5.93.